The van der Waals surface area contributed by atoms with E-state index < -0.39 is 0 Å². The molecule has 0 aliphatic carbocycles. The number of hydrogen-bond acceptors (Lipinski definition) is 1. The second kappa shape index (κ2) is 4.93. The number of halogens is 5. The van der Waals surface area contributed by atoms with Crippen molar-refractivity contribution in [2.75, 3.05) is 0 Å². The molecular formula is C10H3Cl5S. The van der Waals surface area contributed by atoms with E-state index in [0.717, 1.165) is 5.56 Å². The smallest absolute Gasteiger partial charge is 0.0809 e. The summed E-state index contributed by atoms with van der Waals surface area (Å²) in [5.74, 6) is 0. The zero-order chi connectivity index (χ0) is 11.9. The molecule has 2 rings (SSSR count). The fourth-order valence-corrected chi connectivity index (χ4v) is 3.27. The van der Waals surface area contributed by atoms with Crippen molar-refractivity contribution in [1.82, 2.24) is 0 Å². The van der Waals surface area contributed by atoms with Crippen LogP contribution < -0.4 is 0 Å². The molecule has 1 aromatic carbocycles. The molecule has 0 saturated carbocycles. The third kappa shape index (κ3) is 2.05. The molecule has 16 heavy (non-hydrogen) atoms. The molecule has 0 radical (unpaired) electrons. The molecule has 0 fully saturated rings. The predicted molar refractivity (Wildman–Crippen MR) is 74.8 cm³/mol. The van der Waals surface area contributed by atoms with E-state index in [0.29, 0.717) is 15.6 Å². The molecule has 0 spiro atoms. The minimum atomic E-state index is 0.178. The molecule has 0 aliphatic rings. The Morgan fingerprint density at radius 3 is 1.69 bits per heavy atom. The van der Waals surface area contributed by atoms with Gasteiger partial charge in [0.1, 0.15) is 0 Å². The first kappa shape index (κ1) is 12.8. The molecule has 6 heteroatoms. The molecule has 1 aromatic heterocycles. The molecule has 0 nitrogen and oxygen atoms in total. The van der Waals surface area contributed by atoms with Gasteiger partial charge in [-0.2, -0.15) is 11.3 Å². The van der Waals surface area contributed by atoms with Crippen LogP contribution in [-0.2, 0) is 0 Å². The summed E-state index contributed by atoms with van der Waals surface area (Å²) in [5, 5.41) is 5.08. The third-order valence-electron chi connectivity index (χ3n) is 2.02. The fraction of sp³-hybridized carbons (Fsp3) is 0. The Bertz CT molecular complexity index is 504. The van der Waals surface area contributed by atoms with E-state index in [9.17, 15) is 0 Å². The van der Waals surface area contributed by atoms with Gasteiger partial charge in [0.15, 0.2) is 0 Å². The van der Waals surface area contributed by atoms with Crippen LogP contribution in [-0.4, -0.2) is 0 Å². The van der Waals surface area contributed by atoms with Gasteiger partial charge in [0.2, 0.25) is 0 Å². The molecule has 1 heterocycles. The van der Waals surface area contributed by atoms with Crippen LogP contribution >= 0.6 is 69.3 Å². The molecule has 2 aromatic rings. The quantitative estimate of drug-likeness (QED) is 0.403. The SMILES string of the molecule is Clc1c(Cl)c(Cl)c(-c2ccsc2)c(Cl)c1Cl. The molecule has 0 amide bonds. The average Bonchev–Trinajstić information content (AvgIpc) is 2.77. The summed E-state index contributed by atoms with van der Waals surface area (Å²) < 4.78 is 0. The van der Waals surface area contributed by atoms with Crippen molar-refractivity contribution in [2.45, 2.75) is 0 Å². The molecule has 0 saturated heterocycles. The largest absolute Gasteiger partial charge is 0.152 e. The molecule has 0 N–H and O–H groups in total. The van der Waals surface area contributed by atoms with Crippen molar-refractivity contribution in [3.8, 4) is 11.1 Å². The fourth-order valence-electron chi connectivity index (χ4n) is 1.27. The van der Waals surface area contributed by atoms with Crippen LogP contribution in [0.25, 0.3) is 11.1 Å². The van der Waals surface area contributed by atoms with Gasteiger partial charge in [0.25, 0.3) is 0 Å². The van der Waals surface area contributed by atoms with Crippen molar-refractivity contribution in [2.24, 2.45) is 0 Å². The second-order valence-electron chi connectivity index (χ2n) is 2.96. The van der Waals surface area contributed by atoms with Crippen molar-refractivity contribution >= 4 is 69.3 Å². The van der Waals surface area contributed by atoms with Crippen LogP contribution in [0.3, 0.4) is 0 Å². The van der Waals surface area contributed by atoms with Gasteiger partial charge in [-0.1, -0.05) is 58.0 Å². The Hall–Kier alpha value is 0.370. The van der Waals surface area contributed by atoms with Crippen molar-refractivity contribution in [1.29, 1.82) is 0 Å². The molecule has 0 aliphatic heterocycles. The highest BCUT2D eigenvalue weighted by atomic mass is 35.5. The summed E-state index contributed by atoms with van der Waals surface area (Å²) in [4.78, 5) is 0. The second-order valence-corrected chi connectivity index (χ2v) is 5.63. The average molecular weight is 332 g/mol. The normalized spacial score (nSPS) is 10.8. The summed E-state index contributed by atoms with van der Waals surface area (Å²) in [6.45, 7) is 0. The Balaban J connectivity index is 2.81. The molecular weight excluding hydrogens is 329 g/mol. The first-order valence-electron chi connectivity index (χ1n) is 4.08. The van der Waals surface area contributed by atoms with Gasteiger partial charge in [-0.3, -0.25) is 0 Å². The van der Waals surface area contributed by atoms with Gasteiger partial charge < -0.3 is 0 Å². The summed E-state index contributed by atoms with van der Waals surface area (Å²) >= 11 is 31.6. The van der Waals surface area contributed by atoms with Gasteiger partial charge in [-0.25, -0.2) is 0 Å². The predicted octanol–water partition coefficient (Wildman–Crippen LogP) is 6.68. The first-order chi connectivity index (χ1) is 7.54. The number of rotatable bonds is 1. The van der Waals surface area contributed by atoms with Gasteiger partial charge in [-0.15, -0.1) is 0 Å². The standard InChI is InChI=1S/C10H3Cl5S/c11-6-5(4-1-2-16-3-4)7(12)9(14)10(15)8(6)13/h1-3H. The summed E-state index contributed by atoms with van der Waals surface area (Å²) in [7, 11) is 0. The lowest BCUT2D eigenvalue weighted by Gasteiger charge is -2.11. The summed E-state index contributed by atoms with van der Waals surface area (Å²) in [6, 6.07) is 1.89. The highest BCUT2D eigenvalue weighted by Crippen LogP contribution is 2.48. The van der Waals surface area contributed by atoms with Gasteiger partial charge in [0.05, 0.1) is 25.1 Å². The molecule has 0 unspecified atom stereocenters. The van der Waals surface area contributed by atoms with E-state index in [1.165, 1.54) is 11.3 Å². The zero-order valence-electron chi connectivity index (χ0n) is 7.53. The van der Waals surface area contributed by atoms with Crippen molar-refractivity contribution < 1.29 is 0 Å². The van der Waals surface area contributed by atoms with Crippen LogP contribution in [0, 0.1) is 0 Å². The van der Waals surface area contributed by atoms with E-state index in [-0.39, 0.29) is 15.1 Å². The Morgan fingerprint density at radius 1 is 0.750 bits per heavy atom. The maximum atomic E-state index is 6.11. The summed E-state index contributed by atoms with van der Waals surface area (Å²) in [6.07, 6.45) is 0. The first-order valence-corrected chi connectivity index (χ1v) is 6.91. The molecule has 0 atom stereocenters. The Morgan fingerprint density at radius 2 is 1.25 bits per heavy atom. The van der Waals surface area contributed by atoms with Crippen LogP contribution in [0.5, 0.6) is 0 Å². The van der Waals surface area contributed by atoms with E-state index in [4.69, 9.17) is 58.0 Å². The zero-order valence-corrected chi connectivity index (χ0v) is 12.1. The van der Waals surface area contributed by atoms with Crippen LogP contribution in [0.1, 0.15) is 0 Å². The highest BCUT2D eigenvalue weighted by Gasteiger charge is 2.20. The maximum absolute atomic E-state index is 6.11. The van der Waals surface area contributed by atoms with Gasteiger partial charge >= 0.3 is 0 Å². The highest BCUT2D eigenvalue weighted by molar-refractivity contribution is 7.08. The lowest BCUT2D eigenvalue weighted by atomic mass is 10.1. The minimum absolute atomic E-state index is 0.178. The Kier molecular flexibility index (Phi) is 3.95. The van der Waals surface area contributed by atoms with Crippen LogP contribution in [0.2, 0.25) is 25.1 Å². The van der Waals surface area contributed by atoms with E-state index in [1.54, 1.807) is 0 Å². The number of thiophene rings is 1. The lowest BCUT2D eigenvalue weighted by molar-refractivity contribution is 1.66. The van der Waals surface area contributed by atoms with Gasteiger partial charge in [0, 0.05) is 5.56 Å². The van der Waals surface area contributed by atoms with Crippen molar-refractivity contribution in [3.63, 3.8) is 0 Å². The summed E-state index contributed by atoms with van der Waals surface area (Å²) in [5.41, 5.74) is 1.49. The van der Waals surface area contributed by atoms with E-state index in [1.807, 2.05) is 16.8 Å². The third-order valence-corrected chi connectivity index (χ3v) is 4.98. The topological polar surface area (TPSA) is 0 Å². The van der Waals surface area contributed by atoms with Crippen LogP contribution in [0.4, 0.5) is 0 Å². The number of hydrogen-bond donors (Lipinski definition) is 0. The Labute approximate surface area is 122 Å². The number of benzene rings is 1. The molecule has 0 bridgehead atoms. The molecule has 84 valence electrons. The minimum Gasteiger partial charge on any atom is -0.152 e. The van der Waals surface area contributed by atoms with Crippen molar-refractivity contribution in [3.05, 3.63) is 41.9 Å². The maximum Gasteiger partial charge on any atom is 0.0809 e. The van der Waals surface area contributed by atoms with Crippen LogP contribution in [0.15, 0.2) is 16.8 Å². The van der Waals surface area contributed by atoms with E-state index in [2.05, 4.69) is 0 Å². The monoisotopic (exact) mass is 330 g/mol. The van der Waals surface area contributed by atoms with Gasteiger partial charge in [-0.05, 0) is 22.4 Å². The van der Waals surface area contributed by atoms with E-state index >= 15 is 0 Å². The lowest BCUT2D eigenvalue weighted by Crippen LogP contribution is -1.84.